The highest BCUT2D eigenvalue weighted by Gasteiger charge is 2.19. The van der Waals surface area contributed by atoms with Crippen molar-refractivity contribution in [1.82, 2.24) is 9.47 Å². The second kappa shape index (κ2) is 12.2. The third kappa shape index (κ3) is 6.54. The average molecular weight is 504 g/mol. The smallest absolute Gasteiger partial charge is 0.408 e. The fourth-order valence-electron chi connectivity index (χ4n) is 4.04. The molecule has 0 aliphatic heterocycles. The highest BCUT2D eigenvalue weighted by molar-refractivity contribution is 6.05. The number of fused-ring (bicyclic) bond motifs is 1. The van der Waals surface area contributed by atoms with Gasteiger partial charge in [-0.05, 0) is 55.3 Å². The van der Waals surface area contributed by atoms with E-state index in [1.165, 1.54) is 12.1 Å². The minimum atomic E-state index is -0.495. The summed E-state index contributed by atoms with van der Waals surface area (Å²) in [7, 11) is 0. The number of carbonyl (C=O) groups excluding carboxylic acids is 2. The number of hydrogen-bond acceptors (Lipinski definition) is 4. The molecule has 2 amide bonds. The van der Waals surface area contributed by atoms with Crippen molar-refractivity contribution in [2.45, 2.75) is 27.0 Å². The van der Waals surface area contributed by atoms with Crippen molar-refractivity contribution in [1.29, 1.82) is 0 Å². The molecule has 0 aliphatic carbocycles. The quantitative estimate of drug-likeness (QED) is 0.296. The zero-order chi connectivity index (χ0) is 26.2. The molecule has 3 aromatic carbocycles. The van der Waals surface area contributed by atoms with Crippen molar-refractivity contribution in [3.05, 3.63) is 95.9 Å². The standard InChI is InChI=1S/C29H30FN3O4/c1-3-32(4-2)29(35)37-26-15-14-25-24(16-17-33(25)18-21-10-12-23(30)13-11-21)28(26)31-27(34)20-36-19-22-8-6-5-7-9-22/h5-17H,3-4,18-20H2,1-2H3,(H,31,34). The normalized spacial score (nSPS) is 10.9. The minimum Gasteiger partial charge on any atom is -0.408 e. The molecule has 0 radical (unpaired) electrons. The molecule has 7 nitrogen and oxygen atoms in total. The molecule has 0 saturated heterocycles. The number of aromatic nitrogens is 1. The van der Waals surface area contributed by atoms with Crippen LogP contribution in [0.2, 0.25) is 0 Å². The van der Waals surface area contributed by atoms with Crippen molar-refractivity contribution in [2.24, 2.45) is 0 Å². The van der Waals surface area contributed by atoms with Crippen LogP contribution in [0, 0.1) is 5.82 Å². The van der Waals surface area contributed by atoms with E-state index in [1.807, 2.05) is 67.1 Å². The van der Waals surface area contributed by atoms with Crippen LogP contribution in [-0.2, 0) is 22.7 Å². The van der Waals surface area contributed by atoms with Gasteiger partial charge in [0.2, 0.25) is 0 Å². The summed E-state index contributed by atoms with van der Waals surface area (Å²) in [6.07, 6.45) is 1.39. The summed E-state index contributed by atoms with van der Waals surface area (Å²) in [4.78, 5) is 27.1. The molecule has 37 heavy (non-hydrogen) atoms. The molecule has 0 bridgehead atoms. The summed E-state index contributed by atoms with van der Waals surface area (Å²) in [5, 5.41) is 3.59. The Bertz CT molecular complexity index is 1350. The molecule has 1 heterocycles. The van der Waals surface area contributed by atoms with Crippen molar-refractivity contribution < 1.29 is 23.5 Å². The Balaban J connectivity index is 1.58. The summed E-state index contributed by atoms with van der Waals surface area (Å²) in [5.41, 5.74) is 3.11. The summed E-state index contributed by atoms with van der Waals surface area (Å²) in [6.45, 7) is 5.39. The van der Waals surface area contributed by atoms with Crippen LogP contribution in [0.5, 0.6) is 5.75 Å². The first kappa shape index (κ1) is 25.9. The second-order valence-corrected chi connectivity index (χ2v) is 8.51. The maximum atomic E-state index is 13.3. The van der Waals surface area contributed by atoms with Crippen molar-refractivity contribution in [3.63, 3.8) is 0 Å². The number of hydrogen-bond donors (Lipinski definition) is 1. The lowest BCUT2D eigenvalue weighted by Gasteiger charge is -2.20. The zero-order valence-electron chi connectivity index (χ0n) is 20.9. The van der Waals surface area contributed by atoms with Gasteiger partial charge in [0.1, 0.15) is 12.4 Å². The summed E-state index contributed by atoms with van der Waals surface area (Å²) in [5.74, 6) is -0.407. The predicted octanol–water partition coefficient (Wildman–Crippen LogP) is 5.82. The Morgan fingerprint density at radius 1 is 0.919 bits per heavy atom. The lowest BCUT2D eigenvalue weighted by atomic mass is 10.2. The molecular weight excluding hydrogens is 473 g/mol. The Morgan fingerprint density at radius 3 is 2.35 bits per heavy atom. The molecule has 4 rings (SSSR count). The molecule has 0 unspecified atom stereocenters. The maximum Gasteiger partial charge on any atom is 0.415 e. The van der Waals surface area contributed by atoms with E-state index in [0.29, 0.717) is 37.3 Å². The molecule has 4 aromatic rings. The molecule has 0 spiro atoms. The van der Waals surface area contributed by atoms with Crippen LogP contribution in [0.15, 0.2) is 79.0 Å². The number of anilines is 1. The molecular formula is C29H30FN3O4. The average Bonchev–Trinajstić information content (AvgIpc) is 3.31. The van der Waals surface area contributed by atoms with E-state index >= 15 is 0 Å². The van der Waals surface area contributed by atoms with E-state index in [0.717, 1.165) is 16.6 Å². The van der Waals surface area contributed by atoms with Crippen molar-refractivity contribution >= 4 is 28.6 Å². The van der Waals surface area contributed by atoms with E-state index in [-0.39, 0.29) is 24.1 Å². The van der Waals surface area contributed by atoms with Crippen LogP contribution in [-0.4, -0.2) is 41.2 Å². The van der Waals surface area contributed by atoms with Gasteiger partial charge in [0.15, 0.2) is 5.75 Å². The highest BCUT2D eigenvalue weighted by atomic mass is 19.1. The van der Waals surface area contributed by atoms with E-state index in [4.69, 9.17) is 9.47 Å². The van der Waals surface area contributed by atoms with Gasteiger partial charge in [-0.3, -0.25) is 4.79 Å². The zero-order valence-corrected chi connectivity index (χ0v) is 20.9. The van der Waals surface area contributed by atoms with Gasteiger partial charge in [-0.2, -0.15) is 0 Å². The number of rotatable bonds is 10. The van der Waals surface area contributed by atoms with Gasteiger partial charge in [0.25, 0.3) is 5.91 Å². The largest absolute Gasteiger partial charge is 0.415 e. The Labute approximate surface area is 215 Å². The number of benzene rings is 3. The first-order chi connectivity index (χ1) is 18.0. The number of ether oxygens (including phenoxy) is 2. The molecule has 192 valence electrons. The molecule has 1 N–H and O–H groups in total. The maximum absolute atomic E-state index is 13.3. The van der Waals surface area contributed by atoms with Crippen molar-refractivity contribution in [3.8, 4) is 5.75 Å². The lowest BCUT2D eigenvalue weighted by molar-refractivity contribution is -0.121. The molecule has 8 heteroatoms. The van der Waals surface area contributed by atoms with Gasteiger partial charge in [0, 0.05) is 31.2 Å². The highest BCUT2D eigenvalue weighted by Crippen LogP contribution is 2.35. The van der Waals surface area contributed by atoms with E-state index < -0.39 is 6.09 Å². The number of nitrogens with zero attached hydrogens (tertiary/aromatic N) is 2. The topological polar surface area (TPSA) is 72.8 Å². The Hall–Kier alpha value is -4.17. The van der Waals surface area contributed by atoms with E-state index in [2.05, 4.69) is 5.32 Å². The van der Waals surface area contributed by atoms with Crippen LogP contribution >= 0.6 is 0 Å². The third-order valence-corrected chi connectivity index (χ3v) is 6.01. The third-order valence-electron chi connectivity index (χ3n) is 6.01. The van der Waals surface area contributed by atoms with Gasteiger partial charge in [-0.25, -0.2) is 9.18 Å². The summed E-state index contributed by atoms with van der Waals surface area (Å²) >= 11 is 0. The summed E-state index contributed by atoms with van der Waals surface area (Å²) < 4.78 is 26.6. The molecule has 0 fully saturated rings. The number of nitrogens with one attached hydrogen (secondary N) is 1. The predicted molar refractivity (Wildman–Crippen MR) is 141 cm³/mol. The van der Waals surface area contributed by atoms with Gasteiger partial charge in [-0.15, -0.1) is 0 Å². The van der Waals surface area contributed by atoms with E-state index in [1.54, 1.807) is 23.1 Å². The van der Waals surface area contributed by atoms with Gasteiger partial charge in [-0.1, -0.05) is 42.5 Å². The van der Waals surface area contributed by atoms with Crippen LogP contribution in [0.3, 0.4) is 0 Å². The first-order valence-electron chi connectivity index (χ1n) is 12.2. The number of amides is 2. The molecule has 0 saturated carbocycles. The first-order valence-corrected chi connectivity index (χ1v) is 12.2. The monoisotopic (exact) mass is 503 g/mol. The molecule has 0 aliphatic rings. The Kier molecular flexibility index (Phi) is 8.53. The molecule has 1 aromatic heterocycles. The van der Waals surface area contributed by atoms with Crippen molar-refractivity contribution in [2.75, 3.05) is 25.0 Å². The van der Waals surface area contributed by atoms with Gasteiger partial charge < -0.3 is 24.3 Å². The molecule has 0 atom stereocenters. The van der Waals surface area contributed by atoms with E-state index in [9.17, 15) is 14.0 Å². The number of carbonyl (C=O) groups is 2. The summed E-state index contributed by atoms with van der Waals surface area (Å²) in [6, 6.07) is 21.3. The van der Waals surface area contributed by atoms with Gasteiger partial charge >= 0.3 is 6.09 Å². The fourth-order valence-corrected chi connectivity index (χ4v) is 4.04. The number of halogens is 1. The fraction of sp³-hybridized carbons (Fsp3) is 0.241. The van der Waals surface area contributed by atoms with Crippen LogP contribution in [0.1, 0.15) is 25.0 Å². The minimum absolute atomic E-state index is 0.162. The lowest BCUT2D eigenvalue weighted by Crippen LogP contribution is -2.33. The van der Waals surface area contributed by atoms with Gasteiger partial charge in [0.05, 0.1) is 17.8 Å². The van der Waals surface area contributed by atoms with Crippen LogP contribution < -0.4 is 10.1 Å². The second-order valence-electron chi connectivity index (χ2n) is 8.51. The van der Waals surface area contributed by atoms with Crippen LogP contribution in [0.25, 0.3) is 10.9 Å². The Morgan fingerprint density at radius 2 is 1.65 bits per heavy atom. The SMILES string of the molecule is CCN(CC)C(=O)Oc1ccc2c(ccn2Cc2ccc(F)cc2)c1NC(=O)COCc1ccccc1. The van der Waals surface area contributed by atoms with Crippen LogP contribution in [0.4, 0.5) is 14.9 Å².